The lowest BCUT2D eigenvalue weighted by atomic mass is 10.1. The van der Waals surface area contributed by atoms with E-state index >= 15 is 0 Å². The summed E-state index contributed by atoms with van der Waals surface area (Å²) in [6.45, 7) is 7.41. The van der Waals surface area contributed by atoms with Crippen LogP contribution >= 0.6 is 23.1 Å². The second-order valence-corrected chi connectivity index (χ2v) is 13.5. The number of aromatic nitrogens is 4. The number of amides is 1. The Morgan fingerprint density at radius 1 is 1.07 bits per heavy atom. The minimum absolute atomic E-state index is 0.00252. The predicted molar refractivity (Wildman–Crippen MR) is 164 cm³/mol. The standard InChI is InChI=1S/C28H27ClN8O5S2/c1-28(2,3)42-27(38)37-12-10-36(11-13-37)25-31-9-8-22(34-25)21-15-19(29)4-6-24(21)41-23-7-5-20(14-18(23)16-30)44(39,40)35-26-32-17-33-43-26/h4-9,14-15,17H,10-13H2,1-3H3,(H,32,33,35). The van der Waals surface area contributed by atoms with Gasteiger partial charge in [-0.25, -0.2) is 28.2 Å². The Hall–Kier alpha value is -4.52. The number of benzene rings is 2. The molecule has 228 valence electrons. The molecule has 1 fully saturated rings. The number of hydrogen-bond acceptors (Lipinski definition) is 12. The van der Waals surface area contributed by atoms with Gasteiger partial charge in [-0.2, -0.15) is 9.64 Å². The summed E-state index contributed by atoms with van der Waals surface area (Å²) in [5.41, 5.74) is 0.470. The Balaban J connectivity index is 1.36. The van der Waals surface area contributed by atoms with Crippen molar-refractivity contribution in [2.45, 2.75) is 31.3 Å². The predicted octanol–water partition coefficient (Wildman–Crippen LogP) is 5.17. The van der Waals surface area contributed by atoms with Crippen molar-refractivity contribution in [2.24, 2.45) is 0 Å². The summed E-state index contributed by atoms with van der Waals surface area (Å²) < 4.78 is 43.3. The van der Waals surface area contributed by atoms with E-state index in [9.17, 15) is 18.5 Å². The van der Waals surface area contributed by atoms with E-state index in [1.165, 1.54) is 24.5 Å². The number of rotatable bonds is 7. The summed E-state index contributed by atoms with van der Waals surface area (Å²) in [5.74, 6) is 0.943. The van der Waals surface area contributed by atoms with Crippen molar-refractivity contribution in [3.63, 3.8) is 0 Å². The van der Waals surface area contributed by atoms with Crippen LogP contribution in [0.4, 0.5) is 15.9 Å². The first-order chi connectivity index (χ1) is 20.9. The number of ether oxygens (including phenoxy) is 2. The third-order valence-corrected chi connectivity index (χ3v) is 8.54. The van der Waals surface area contributed by atoms with Gasteiger partial charge in [-0.1, -0.05) is 11.6 Å². The number of carbonyl (C=O) groups excluding carboxylic acids is 1. The number of nitriles is 1. The molecule has 5 rings (SSSR count). The number of hydrogen-bond donors (Lipinski definition) is 1. The van der Waals surface area contributed by atoms with E-state index in [0.717, 1.165) is 11.5 Å². The van der Waals surface area contributed by atoms with E-state index in [1.807, 2.05) is 31.7 Å². The first-order valence-electron chi connectivity index (χ1n) is 13.3. The normalized spacial score (nSPS) is 13.7. The van der Waals surface area contributed by atoms with Crippen molar-refractivity contribution in [2.75, 3.05) is 35.8 Å². The lowest BCUT2D eigenvalue weighted by Crippen LogP contribution is -2.50. The third kappa shape index (κ3) is 7.33. The van der Waals surface area contributed by atoms with Crippen LogP contribution in [0.3, 0.4) is 0 Å². The van der Waals surface area contributed by atoms with Gasteiger partial charge >= 0.3 is 6.09 Å². The van der Waals surface area contributed by atoms with E-state index in [4.69, 9.17) is 26.1 Å². The van der Waals surface area contributed by atoms with E-state index in [0.29, 0.717) is 54.2 Å². The topological polar surface area (TPSA) is 164 Å². The minimum atomic E-state index is -4.01. The van der Waals surface area contributed by atoms with E-state index in [-0.39, 0.29) is 27.4 Å². The summed E-state index contributed by atoms with van der Waals surface area (Å²) >= 11 is 7.23. The highest BCUT2D eigenvalue weighted by Gasteiger charge is 2.27. The van der Waals surface area contributed by atoms with Gasteiger partial charge in [0.05, 0.1) is 16.2 Å². The highest BCUT2D eigenvalue weighted by atomic mass is 35.5. The third-order valence-electron chi connectivity index (χ3n) is 6.26. The molecule has 0 bridgehead atoms. The van der Waals surface area contributed by atoms with E-state index < -0.39 is 15.6 Å². The van der Waals surface area contributed by atoms with Crippen molar-refractivity contribution in [1.29, 1.82) is 5.26 Å². The largest absolute Gasteiger partial charge is 0.455 e. The van der Waals surface area contributed by atoms with Crippen LogP contribution in [0.5, 0.6) is 11.5 Å². The number of anilines is 2. The molecule has 44 heavy (non-hydrogen) atoms. The van der Waals surface area contributed by atoms with E-state index in [2.05, 4.69) is 19.1 Å². The summed E-state index contributed by atoms with van der Waals surface area (Å²) in [7, 11) is -4.01. The van der Waals surface area contributed by atoms with Gasteiger partial charge in [0.25, 0.3) is 10.0 Å². The van der Waals surface area contributed by atoms with Gasteiger partial charge in [0.1, 0.15) is 29.5 Å². The molecule has 0 unspecified atom stereocenters. The number of nitrogens with one attached hydrogen (secondary N) is 1. The summed E-state index contributed by atoms with van der Waals surface area (Å²) in [6.07, 6.45) is 2.49. The monoisotopic (exact) mass is 654 g/mol. The average molecular weight is 655 g/mol. The van der Waals surface area contributed by atoms with Crippen LogP contribution in [0.2, 0.25) is 5.02 Å². The van der Waals surface area contributed by atoms with Crippen LogP contribution in [-0.4, -0.2) is 70.5 Å². The van der Waals surface area contributed by atoms with Crippen LogP contribution in [0, 0.1) is 11.3 Å². The number of piperazine rings is 1. The van der Waals surface area contributed by atoms with Gasteiger partial charge in [-0.3, -0.25) is 4.72 Å². The number of sulfonamides is 1. The Morgan fingerprint density at radius 3 is 2.50 bits per heavy atom. The maximum Gasteiger partial charge on any atom is 0.410 e. The Morgan fingerprint density at radius 2 is 1.82 bits per heavy atom. The van der Waals surface area contributed by atoms with Crippen LogP contribution in [-0.2, 0) is 14.8 Å². The first-order valence-corrected chi connectivity index (χ1v) is 15.9. The van der Waals surface area contributed by atoms with Gasteiger partial charge in [0.2, 0.25) is 11.1 Å². The molecule has 2 aromatic carbocycles. The molecule has 16 heteroatoms. The molecular weight excluding hydrogens is 628 g/mol. The molecule has 0 aliphatic carbocycles. The Bertz CT molecular complexity index is 1820. The van der Waals surface area contributed by atoms with Crippen LogP contribution in [0.15, 0.2) is 59.9 Å². The number of carbonyl (C=O) groups is 1. The molecular formula is C28H27ClN8O5S2. The average Bonchev–Trinajstić information content (AvgIpc) is 3.50. The van der Waals surface area contributed by atoms with Crippen molar-refractivity contribution >= 4 is 50.3 Å². The van der Waals surface area contributed by atoms with Gasteiger partial charge < -0.3 is 19.3 Å². The summed E-state index contributed by atoms with van der Waals surface area (Å²) in [4.78, 5) is 29.0. The fourth-order valence-corrected chi connectivity index (χ4v) is 6.08. The van der Waals surface area contributed by atoms with Crippen molar-refractivity contribution < 1.29 is 22.7 Å². The number of nitrogens with zero attached hydrogens (tertiary/aromatic N) is 7. The lowest BCUT2D eigenvalue weighted by Gasteiger charge is -2.35. The molecule has 3 heterocycles. The molecule has 1 amide bonds. The molecule has 1 saturated heterocycles. The fraction of sp³-hybridized carbons (Fsp3) is 0.286. The van der Waals surface area contributed by atoms with Crippen LogP contribution < -0.4 is 14.4 Å². The number of halogens is 1. The zero-order valence-electron chi connectivity index (χ0n) is 23.9. The van der Waals surface area contributed by atoms with Crippen molar-refractivity contribution in [3.05, 3.63) is 65.6 Å². The van der Waals surface area contributed by atoms with Gasteiger partial charge in [-0.15, -0.1) is 0 Å². The quantitative estimate of drug-likeness (QED) is 0.279. The first kappa shape index (κ1) is 30.9. The highest BCUT2D eigenvalue weighted by molar-refractivity contribution is 7.93. The molecule has 0 radical (unpaired) electrons. The zero-order valence-corrected chi connectivity index (χ0v) is 26.3. The summed E-state index contributed by atoms with van der Waals surface area (Å²) in [6, 6.07) is 12.6. The molecule has 0 atom stereocenters. The van der Waals surface area contributed by atoms with Gasteiger partial charge in [0, 0.05) is 54.5 Å². The van der Waals surface area contributed by atoms with Crippen molar-refractivity contribution in [1.82, 2.24) is 24.2 Å². The lowest BCUT2D eigenvalue weighted by molar-refractivity contribution is 0.0240. The Kier molecular flexibility index (Phi) is 8.86. The second kappa shape index (κ2) is 12.6. The van der Waals surface area contributed by atoms with Gasteiger partial charge in [0.15, 0.2) is 0 Å². The molecule has 13 nitrogen and oxygen atoms in total. The molecule has 1 aliphatic heterocycles. The fourth-order valence-electron chi connectivity index (χ4n) is 4.22. The molecule has 0 saturated carbocycles. The van der Waals surface area contributed by atoms with Crippen molar-refractivity contribution in [3.8, 4) is 28.8 Å². The van der Waals surface area contributed by atoms with Crippen LogP contribution in [0.1, 0.15) is 26.3 Å². The highest BCUT2D eigenvalue weighted by Crippen LogP contribution is 2.37. The minimum Gasteiger partial charge on any atom is -0.455 e. The SMILES string of the molecule is CC(C)(C)OC(=O)N1CCN(c2nccc(-c3cc(Cl)ccc3Oc3ccc(S(=O)(=O)Nc4ncns4)cc3C#N)n2)CC1. The maximum absolute atomic E-state index is 12.8. The smallest absolute Gasteiger partial charge is 0.410 e. The molecule has 0 spiro atoms. The van der Waals surface area contributed by atoms with Crippen LogP contribution in [0.25, 0.3) is 11.3 Å². The maximum atomic E-state index is 12.8. The molecule has 4 aromatic rings. The molecule has 1 aliphatic rings. The molecule has 2 aromatic heterocycles. The van der Waals surface area contributed by atoms with Gasteiger partial charge in [-0.05, 0) is 63.2 Å². The molecule has 1 N–H and O–H groups in total. The Labute approximate surface area is 263 Å². The second-order valence-electron chi connectivity index (χ2n) is 10.6. The van der Waals surface area contributed by atoms with E-state index in [1.54, 1.807) is 35.4 Å². The zero-order chi connectivity index (χ0) is 31.5. The summed E-state index contributed by atoms with van der Waals surface area (Å²) in [5, 5.41) is 10.4.